The van der Waals surface area contributed by atoms with E-state index in [0.29, 0.717) is 26.9 Å². The maximum Gasteiger partial charge on any atom is 0.255 e. The second kappa shape index (κ2) is 8.91. The van der Waals surface area contributed by atoms with Crippen LogP contribution in [0.4, 0.5) is 5.69 Å². The predicted octanol–water partition coefficient (Wildman–Crippen LogP) is 5.74. The molecule has 6 heteroatoms. The van der Waals surface area contributed by atoms with Crippen LogP contribution in [0.3, 0.4) is 0 Å². The van der Waals surface area contributed by atoms with Crippen LogP contribution >= 0.6 is 23.2 Å². The Balaban J connectivity index is 1.64. The summed E-state index contributed by atoms with van der Waals surface area (Å²) in [5.74, 6) is -0.518. The second-order valence-corrected chi connectivity index (χ2v) is 7.17. The number of nitrogens with one attached hydrogen (secondary N) is 2. The van der Waals surface area contributed by atoms with E-state index < -0.39 is 0 Å². The first-order valence-electron chi connectivity index (χ1n) is 8.66. The van der Waals surface area contributed by atoms with Crippen molar-refractivity contribution in [3.8, 4) is 0 Å². The Kier molecular flexibility index (Phi) is 6.34. The van der Waals surface area contributed by atoms with Gasteiger partial charge in [-0.1, -0.05) is 53.5 Å². The van der Waals surface area contributed by atoms with Crippen LogP contribution in [-0.2, 0) is 0 Å². The summed E-state index contributed by atoms with van der Waals surface area (Å²) in [5, 5.41) is 6.49. The lowest BCUT2D eigenvalue weighted by Crippen LogP contribution is -2.26. The topological polar surface area (TPSA) is 58.2 Å². The Bertz CT molecular complexity index is 969. The van der Waals surface area contributed by atoms with E-state index in [-0.39, 0.29) is 17.9 Å². The Morgan fingerprint density at radius 2 is 1.39 bits per heavy atom. The van der Waals surface area contributed by atoms with E-state index in [0.717, 1.165) is 5.56 Å². The molecule has 3 rings (SSSR count). The third-order valence-corrected chi connectivity index (χ3v) is 4.61. The average Bonchev–Trinajstić information content (AvgIpc) is 2.68. The highest BCUT2D eigenvalue weighted by Gasteiger charge is 2.12. The van der Waals surface area contributed by atoms with Gasteiger partial charge in [0.2, 0.25) is 0 Å². The van der Waals surface area contributed by atoms with Crippen molar-refractivity contribution >= 4 is 40.7 Å². The molecule has 0 heterocycles. The van der Waals surface area contributed by atoms with Gasteiger partial charge in [-0.15, -0.1) is 0 Å². The van der Waals surface area contributed by atoms with Crippen LogP contribution in [0.15, 0.2) is 72.8 Å². The highest BCUT2D eigenvalue weighted by molar-refractivity contribution is 6.35. The molecule has 1 unspecified atom stereocenters. The van der Waals surface area contributed by atoms with E-state index in [4.69, 9.17) is 23.2 Å². The molecule has 1 atom stereocenters. The van der Waals surface area contributed by atoms with Crippen LogP contribution in [0.1, 0.15) is 39.2 Å². The fraction of sp³-hybridized carbons (Fsp3) is 0.0909. The van der Waals surface area contributed by atoms with Crippen LogP contribution in [-0.4, -0.2) is 11.8 Å². The van der Waals surface area contributed by atoms with E-state index >= 15 is 0 Å². The number of hydrogen-bond donors (Lipinski definition) is 2. The Morgan fingerprint density at radius 3 is 2.00 bits per heavy atom. The molecule has 2 N–H and O–H groups in total. The number of benzene rings is 3. The van der Waals surface area contributed by atoms with Crippen molar-refractivity contribution in [1.82, 2.24) is 5.32 Å². The number of carbonyl (C=O) groups is 2. The van der Waals surface area contributed by atoms with Gasteiger partial charge in [-0.3, -0.25) is 9.59 Å². The lowest BCUT2D eigenvalue weighted by atomic mass is 10.1. The summed E-state index contributed by atoms with van der Waals surface area (Å²) >= 11 is 11.9. The van der Waals surface area contributed by atoms with Gasteiger partial charge in [-0.25, -0.2) is 0 Å². The molecule has 0 aliphatic rings. The third kappa shape index (κ3) is 5.12. The van der Waals surface area contributed by atoms with Gasteiger partial charge in [-0.05, 0) is 55.0 Å². The van der Waals surface area contributed by atoms with Gasteiger partial charge in [0.05, 0.1) is 6.04 Å². The number of anilines is 1. The molecule has 142 valence electrons. The molecule has 0 radical (unpaired) electrons. The SMILES string of the molecule is CC(NC(=O)c1ccc(NC(=O)c2cc(Cl)cc(Cl)c2)cc1)c1ccccc1. The number of hydrogen-bond acceptors (Lipinski definition) is 2. The lowest BCUT2D eigenvalue weighted by Gasteiger charge is -2.14. The van der Waals surface area contributed by atoms with Crippen molar-refractivity contribution in [3.63, 3.8) is 0 Å². The van der Waals surface area contributed by atoms with Crippen LogP contribution in [0, 0.1) is 0 Å². The van der Waals surface area contributed by atoms with Crippen molar-refractivity contribution in [1.29, 1.82) is 0 Å². The van der Waals surface area contributed by atoms with Crippen molar-refractivity contribution in [2.45, 2.75) is 13.0 Å². The Morgan fingerprint density at radius 1 is 0.786 bits per heavy atom. The lowest BCUT2D eigenvalue weighted by molar-refractivity contribution is 0.0939. The van der Waals surface area contributed by atoms with E-state index in [1.54, 1.807) is 30.3 Å². The standard InChI is InChI=1S/C22H18Cl2N2O2/c1-14(15-5-3-2-4-6-15)25-21(27)16-7-9-20(10-8-16)26-22(28)17-11-18(23)13-19(24)12-17/h2-14H,1H3,(H,25,27)(H,26,28). The summed E-state index contributed by atoms with van der Waals surface area (Å²) in [6.07, 6.45) is 0. The normalized spacial score (nSPS) is 11.5. The second-order valence-electron chi connectivity index (χ2n) is 6.30. The van der Waals surface area contributed by atoms with Gasteiger partial charge in [-0.2, -0.15) is 0 Å². The summed E-state index contributed by atoms with van der Waals surface area (Å²) in [6.45, 7) is 1.93. The van der Waals surface area contributed by atoms with Crippen LogP contribution in [0.25, 0.3) is 0 Å². The van der Waals surface area contributed by atoms with E-state index in [2.05, 4.69) is 10.6 Å². The van der Waals surface area contributed by atoms with E-state index in [9.17, 15) is 9.59 Å². The predicted molar refractivity (Wildman–Crippen MR) is 113 cm³/mol. The highest BCUT2D eigenvalue weighted by Crippen LogP contribution is 2.20. The first-order chi connectivity index (χ1) is 13.4. The molecular formula is C22H18Cl2N2O2. The number of amides is 2. The summed E-state index contributed by atoms with van der Waals surface area (Å²) < 4.78 is 0. The van der Waals surface area contributed by atoms with Gasteiger partial charge in [0.1, 0.15) is 0 Å². The van der Waals surface area contributed by atoms with Crippen molar-refractivity contribution < 1.29 is 9.59 Å². The first-order valence-corrected chi connectivity index (χ1v) is 9.41. The molecule has 0 aliphatic carbocycles. The molecule has 2 amide bonds. The largest absolute Gasteiger partial charge is 0.346 e. The minimum absolute atomic E-state index is 0.111. The zero-order valence-electron chi connectivity index (χ0n) is 15.1. The Labute approximate surface area is 173 Å². The third-order valence-electron chi connectivity index (χ3n) is 4.18. The summed E-state index contributed by atoms with van der Waals surface area (Å²) in [4.78, 5) is 24.8. The smallest absolute Gasteiger partial charge is 0.255 e. The number of carbonyl (C=O) groups excluding carboxylic acids is 2. The van der Waals surface area contributed by atoms with Crippen molar-refractivity contribution in [2.75, 3.05) is 5.32 Å². The zero-order valence-corrected chi connectivity index (χ0v) is 16.6. The van der Waals surface area contributed by atoms with Gasteiger partial charge >= 0.3 is 0 Å². The van der Waals surface area contributed by atoms with Gasteiger partial charge < -0.3 is 10.6 Å². The van der Waals surface area contributed by atoms with Gasteiger partial charge in [0.15, 0.2) is 0 Å². The summed E-state index contributed by atoms with van der Waals surface area (Å²) in [5.41, 5.74) is 2.45. The monoisotopic (exact) mass is 412 g/mol. The highest BCUT2D eigenvalue weighted by atomic mass is 35.5. The fourth-order valence-electron chi connectivity index (χ4n) is 2.70. The molecular weight excluding hydrogens is 395 g/mol. The minimum Gasteiger partial charge on any atom is -0.346 e. The summed E-state index contributed by atoms with van der Waals surface area (Å²) in [7, 11) is 0. The molecule has 0 bridgehead atoms. The average molecular weight is 413 g/mol. The summed E-state index contributed by atoms with van der Waals surface area (Å²) in [6, 6.07) is 20.9. The number of rotatable bonds is 5. The molecule has 4 nitrogen and oxygen atoms in total. The molecule has 0 aromatic heterocycles. The first kappa shape index (κ1) is 19.9. The van der Waals surface area contributed by atoms with Crippen molar-refractivity contribution in [2.24, 2.45) is 0 Å². The van der Waals surface area contributed by atoms with E-state index in [1.165, 1.54) is 12.1 Å². The molecule has 0 aliphatic heterocycles. The van der Waals surface area contributed by atoms with Crippen molar-refractivity contribution in [3.05, 3.63) is 99.5 Å². The number of halogens is 2. The van der Waals surface area contributed by atoms with Gasteiger partial charge in [0, 0.05) is 26.9 Å². The fourth-order valence-corrected chi connectivity index (χ4v) is 3.22. The minimum atomic E-state index is -0.334. The molecule has 0 saturated heterocycles. The Hall–Kier alpha value is -2.82. The molecule has 0 fully saturated rings. The molecule has 3 aromatic carbocycles. The molecule has 28 heavy (non-hydrogen) atoms. The molecule has 3 aromatic rings. The van der Waals surface area contributed by atoms with Crippen LogP contribution in [0.2, 0.25) is 10.0 Å². The van der Waals surface area contributed by atoms with E-state index in [1.807, 2.05) is 37.3 Å². The maximum absolute atomic E-state index is 12.4. The maximum atomic E-state index is 12.4. The van der Waals surface area contributed by atoms with Gasteiger partial charge in [0.25, 0.3) is 11.8 Å². The van der Waals surface area contributed by atoms with Crippen LogP contribution in [0.5, 0.6) is 0 Å². The van der Waals surface area contributed by atoms with Crippen LogP contribution < -0.4 is 10.6 Å². The zero-order chi connectivity index (χ0) is 20.1. The molecule has 0 saturated carbocycles. The molecule has 0 spiro atoms. The quantitative estimate of drug-likeness (QED) is 0.561.